The average Bonchev–Trinajstić information content (AvgIpc) is 3.06. The highest BCUT2D eigenvalue weighted by atomic mass is 16.5. The Bertz CT molecular complexity index is 959. The molecule has 4 aliphatic heterocycles. The number of methoxy groups -OCH3 is 1. The number of fused-ring (bicyclic) bond motifs is 4. The summed E-state index contributed by atoms with van der Waals surface area (Å²) in [5, 5.41) is 1.20. The van der Waals surface area contributed by atoms with Gasteiger partial charge in [-0.05, 0) is 31.4 Å². The molecular formula is C21H22N2O3. The maximum absolute atomic E-state index is 12.9. The number of carbonyl (C=O) groups is 2. The first-order valence-corrected chi connectivity index (χ1v) is 9.20. The van der Waals surface area contributed by atoms with E-state index < -0.39 is 11.4 Å². The first-order chi connectivity index (χ1) is 12.7. The fourth-order valence-corrected chi connectivity index (χ4v) is 5.72. The second-order valence-electron chi connectivity index (χ2n) is 7.67. The van der Waals surface area contributed by atoms with Crippen LogP contribution >= 0.6 is 0 Å². The van der Waals surface area contributed by atoms with Crippen molar-refractivity contribution < 1.29 is 14.3 Å². The van der Waals surface area contributed by atoms with Crippen LogP contribution in [0.5, 0.6) is 0 Å². The molecule has 0 amide bonds. The minimum atomic E-state index is -1.11. The van der Waals surface area contributed by atoms with Gasteiger partial charge in [0.2, 0.25) is 0 Å². The molecule has 5 atom stereocenters. The first kappa shape index (κ1) is 15.8. The van der Waals surface area contributed by atoms with Crippen LogP contribution in [0.3, 0.4) is 0 Å². The lowest BCUT2D eigenvalue weighted by Crippen LogP contribution is -2.69. The molecule has 4 bridgehead atoms. The van der Waals surface area contributed by atoms with Gasteiger partial charge >= 0.3 is 5.97 Å². The Morgan fingerprint density at radius 1 is 1.38 bits per heavy atom. The second kappa shape index (κ2) is 5.30. The third-order valence-corrected chi connectivity index (χ3v) is 6.88. The summed E-state index contributed by atoms with van der Waals surface area (Å²) in [5.41, 5.74) is 3.70. The smallest absolute Gasteiger partial charge is 0.321 e. The summed E-state index contributed by atoms with van der Waals surface area (Å²) in [7, 11) is 1.39. The maximum atomic E-state index is 12.9. The lowest BCUT2D eigenvalue weighted by molar-refractivity contribution is -0.176. The number of nitrogens with zero attached hydrogens (tertiary/aromatic N) is 1. The van der Waals surface area contributed by atoms with Crippen LogP contribution in [0.15, 0.2) is 35.9 Å². The number of rotatable bonds is 2. The standard InChI is InChI=1S/C21H22N2O3/c1-3-12-10-23-17-9-15(12)21(11-24,20(25)26-2)18(23)8-14-13-6-4-5-7-16(13)22-19(14)17/h3-7,11,15,17-18,22H,8-10H2,1-2H3/b12-3-. The number of carbonyl (C=O) groups excluding carboxylic acids is 2. The quantitative estimate of drug-likeness (QED) is 0.392. The number of ether oxygens (including phenoxy) is 1. The molecule has 6 rings (SSSR count). The summed E-state index contributed by atoms with van der Waals surface area (Å²) in [4.78, 5) is 31.2. The lowest BCUT2D eigenvalue weighted by Gasteiger charge is -2.61. The van der Waals surface area contributed by atoms with Gasteiger partial charge in [0.05, 0.1) is 13.2 Å². The maximum Gasteiger partial charge on any atom is 0.321 e. The van der Waals surface area contributed by atoms with Crippen LogP contribution in [0.25, 0.3) is 10.9 Å². The molecule has 1 N–H and O–H groups in total. The third kappa shape index (κ3) is 1.69. The molecular weight excluding hydrogens is 328 g/mol. The number of piperidine rings is 3. The largest absolute Gasteiger partial charge is 0.468 e. The number of aromatic amines is 1. The zero-order valence-corrected chi connectivity index (χ0v) is 15.0. The summed E-state index contributed by atoms with van der Waals surface area (Å²) in [6.45, 7) is 2.81. The average molecular weight is 350 g/mol. The number of allylic oxidation sites excluding steroid dienone is 1. The Morgan fingerprint density at radius 3 is 2.92 bits per heavy atom. The van der Waals surface area contributed by atoms with E-state index in [1.165, 1.54) is 29.3 Å². The van der Waals surface area contributed by atoms with Crippen LogP contribution in [0.4, 0.5) is 0 Å². The van der Waals surface area contributed by atoms with Gasteiger partial charge in [0.1, 0.15) is 11.7 Å². The predicted octanol–water partition coefficient (Wildman–Crippen LogP) is 2.77. The van der Waals surface area contributed by atoms with Gasteiger partial charge in [-0.1, -0.05) is 29.8 Å². The molecule has 0 radical (unpaired) electrons. The van der Waals surface area contributed by atoms with Crippen molar-refractivity contribution in [3.63, 3.8) is 0 Å². The minimum Gasteiger partial charge on any atom is -0.468 e. The predicted molar refractivity (Wildman–Crippen MR) is 97.6 cm³/mol. The number of esters is 1. The molecule has 0 aliphatic carbocycles. The second-order valence-corrected chi connectivity index (χ2v) is 7.67. The first-order valence-electron chi connectivity index (χ1n) is 9.20. The number of aromatic nitrogens is 1. The monoisotopic (exact) mass is 350 g/mol. The van der Waals surface area contributed by atoms with Gasteiger partial charge in [0, 0.05) is 35.1 Å². The van der Waals surface area contributed by atoms with Gasteiger partial charge in [-0.25, -0.2) is 0 Å². The van der Waals surface area contributed by atoms with Crippen molar-refractivity contribution >= 4 is 23.2 Å². The fraction of sp³-hybridized carbons (Fsp3) is 0.429. The van der Waals surface area contributed by atoms with Gasteiger partial charge in [0.25, 0.3) is 0 Å². The van der Waals surface area contributed by atoms with E-state index in [0.717, 1.165) is 24.8 Å². The van der Waals surface area contributed by atoms with Crippen LogP contribution in [0.1, 0.15) is 30.6 Å². The Morgan fingerprint density at radius 2 is 2.19 bits per heavy atom. The molecule has 1 aromatic heterocycles. The number of H-pyrrole nitrogens is 1. The van der Waals surface area contributed by atoms with Crippen LogP contribution in [0, 0.1) is 11.3 Å². The Hall–Kier alpha value is -2.40. The summed E-state index contributed by atoms with van der Waals surface area (Å²) in [5.74, 6) is -0.481. The lowest BCUT2D eigenvalue weighted by atomic mass is 9.55. The fourth-order valence-electron chi connectivity index (χ4n) is 5.72. The van der Waals surface area contributed by atoms with Gasteiger partial charge in [0.15, 0.2) is 0 Å². The number of hydrogen-bond acceptors (Lipinski definition) is 4. The molecule has 5 nitrogen and oxygen atoms in total. The highest BCUT2D eigenvalue weighted by molar-refractivity contribution is 5.96. The van der Waals surface area contributed by atoms with E-state index in [1.54, 1.807) is 0 Å². The minimum absolute atomic E-state index is 0.0861. The van der Waals surface area contributed by atoms with Crippen LogP contribution < -0.4 is 0 Å². The van der Waals surface area contributed by atoms with Crippen molar-refractivity contribution in [3.05, 3.63) is 47.2 Å². The van der Waals surface area contributed by atoms with E-state index >= 15 is 0 Å². The van der Waals surface area contributed by atoms with E-state index in [0.29, 0.717) is 6.42 Å². The van der Waals surface area contributed by atoms with Gasteiger partial charge in [-0.2, -0.15) is 0 Å². The van der Waals surface area contributed by atoms with Gasteiger partial charge in [-0.15, -0.1) is 0 Å². The molecule has 4 aliphatic rings. The zero-order chi connectivity index (χ0) is 18.1. The number of nitrogens with one attached hydrogen (secondary N) is 1. The molecule has 5 heteroatoms. The molecule has 1 aromatic carbocycles. The number of hydrogen-bond donors (Lipinski definition) is 1. The van der Waals surface area contributed by atoms with Crippen molar-refractivity contribution in [2.75, 3.05) is 13.7 Å². The summed E-state index contributed by atoms with van der Waals surface area (Å²) in [6.07, 6.45) is 4.40. The van der Waals surface area contributed by atoms with E-state index in [1.807, 2.05) is 19.1 Å². The third-order valence-electron chi connectivity index (χ3n) is 6.88. The van der Waals surface area contributed by atoms with Crippen molar-refractivity contribution in [2.45, 2.75) is 31.8 Å². The van der Waals surface area contributed by atoms with E-state index in [4.69, 9.17) is 4.74 Å². The Labute approximate surface area is 152 Å². The summed E-state index contributed by atoms with van der Waals surface area (Å²) < 4.78 is 5.15. The molecule has 2 aromatic rings. The number of benzene rings is 1. The molecule has 5 heterocycles. The number of aldehydes is 1. The van der Waals surface area contributed by atoms with Gasteiger partial charge in [-0.3, -0.25) is 9.69 Å². The zero-order valence-electron chi connectivity index (χ0n) is 15.0. The Kier molecular flexibility index (Phi) is 3.23. The van der Waals surface area contributed by atoms with Crippen molar-refractivity contribution in [1.29, 1.82) is 0 Å². The molecule has 3 saturated heterocycles. The van der Waals surface area contributed by atoms with E-state index in [2.05, 4.69) is 28.1 Å². The normalized spacial score (nSPS) is 36.2. The molecule has 0 saturated carbocycles. The molecule has 134 valence electrons. The summed E-state index contributed by atoms with van der Waals surface area (Å²) >= 11 is 0. The molecule has 5 unspecified atom stereocenters. The van der Waals surface area contributed by atoms with Crippen molar-refractivity contribution in [1.82, 2.24) is 9.88 Å². The topological polar surface area (TPSA) is 62.4 Å². The highest BCUT2D eigenvalue weighted by Crippen LogP contribution is 2.59. The SMILES string of the molecule is C/C=C1/CN2C3CC1C(C=O)(C(=O)OC)C2Cc1c3[nH]c2ccccc12. The summed E-state index contributed by atoms with van der Waals surface area (Å²) in [6, 6.07) is 8.37. The van der Waals surface area contributed by atoms with E-state index in [9.17, 15) is 9.59 Å². The highest BCUT2D eigenvalue weighted by Gasteiger charge is 2.65. The van der Waals surface area contributed by atoms with Crippen molar-refractivity contribution in [3.8, 4) is 0 Å². The molecule has 0 spiro atoms. The van der Waals surface area contributed by atoms with Crippen LogP contribution in [0.2, 0.25) is 0 Å². The van der Waals surface area contributed by atoms with Crippen molar-refractivity contribution in [2.24, 2.45) is 11.3 Å². The van der Waals surface area contributed by atoms with Gasteiger partial charge < -0.3 is 14.5 Å². The molecule has 26 heavy (non-hydrogen) atoms. The van der Waals surface area contributed by atoms with Crippen LogP contribution in [-0.2, 0) is 20.7 Å². The van der Waals surface area contributed by atoms with E-state index in [-0.39, 0.29) is 18.0 Å². The number of para-hydroxylation sites is 1. The Balaban J connectivity index is 1.74. The van der Waals surface area contributed by atoms with Crippen LogP contribution in [-0.4, -0.2) is 41.8 Å². The molecule has 3 fully saturated rings.